The normalized spacial score (nSPS) is 18.8. The van der Waals surface area contributed by atoms with E-state index in [0.29, 0.717) is 5.41 Å². The van der Waals surface area contributed by atoms with Crippen LogP contribution in [0, 0.1) is 11.3 Å². The molecule has 0 amide bonds. The third-order valence-electron chi connectivity index (χ3n) is 4.72. The lowest BCUT2D eigenvalue weighted by atomic mass is 9.75. The van der Waals surface area contributed by atoms with Crippen molar-refractivity contribution >= 4 is 5.95 Å². The van der Waals surface area contributed by atoms with Gasteiger partial charge in [-0.25, -0.2) is 9.97 Å². The van der Waals surface area contributed by atoms with Gasteiger partial charge in [-0.1, -0.05) is 27.7 Å². The van der Waals surface area contributed by atoms with Crippen molar-refractivity contribution in [1.29, 1.82) is 0 Å². The van der Waals surface area contributed by atoms with E-state index in [-0.39, 0.29) is 6.04 Å². The molecule has 1 aromatic heterocycles. The van der Waals surface area contributed by atoms with Crippen LogP contribution in [-0.4, -0.2) is 29.1 Å². The summed E-state index contributed by atoms with van der Waals surface area (Å²) in [7, 11) is 0. The predicted octanol–water partition coefficient (Wildman–Crippen LogP) is 3.02. The van der Waals surface area contributed by atoms with Gasteiger partial charge in [0.25, 0.3) is 0 Å². The first-order chi connectivity index (χ1) is 9.90. The van der Waals surface area contributed by atoms with Crippen LogP contribution >= 0.6 is 0 Å². The van der Waals surface area contributed by atoms with E-state index in [1.54, 1.807) is 0 Å². The largest absolute Gasteiger partial charge is 0.341 e. The minimum absolute atomic E-state index is 0.210. The summed E-state index contributed by atoms with van der Waals surface area (Å²) >= 11 is 0. The molecule has 0 aliphatic carbocycles. The van der Waals surface area contributed by atoms with Gasteiger partial charge in [0.1, 0.15) is 0 Å². The molecule has 1 fully saturated rings. The molecule has 0 aromatic carbocycles. The van der Waals surface area contributed by atoms with Crippen LogP contribution in [0.1, 0.15) is 52.5 Å². The summed E-state index contributed by atoms with van der Waals surface area (Å²) in [5, 5.41) is 0. The van der Waals surface area contributed by atoms with Crippen LogP contribution in [-0.2, 0) is 6.42 Å². The fraction of sp³-hybridized carbons (Fsp3) is 0.765. The molecule has 2 N–H and O–H groups in total. The third-order valence-corrected chi connectivity index (χ3v) is 4.72. The molecular weight excluding hydrogens is 260 g/mol. The molecule has 2 rings (SSSR count). The first-order valence-electron chi connectivity index (χ1n) is 8.21. The molecular formula is C17H30N4. The van der Waals surface area contributed by atoms with Crippen LogP contribution < -0.4 is 10.6 Å². The Hall–Kier alpha value is -1.16. The van der Waals surface area contributed by atoms with Crippen molar-refractivity contribution in [2.45, 2.75) is 59.4 Å². The standard InChI is InChI=1S/C17H30N4/c1-5-15(18)10-13-11-19-16(20-12-13)21-8-6-14(7-9-21)17(2,3)4/h11-12,14-15H,5-10,18H2,1-4H3. The van der Waals surface area contributed by atoms with E-state index in [1.165, 1.54) is 12.8 Å². The summed E-state index contributed by atoms with van der Waals surface area (Å²) in [5.41, 5.74) is 7.52. The minimum Gasteiger partial charge on any atom is -0.341 e. The highest BCUT2D eigenvalue weighted by atomic mass is 15.2. The molecule has 0 bridgehead atoms. The quantitative estimate of drug-likeness (QED) is 0.926. The molecule has 0 spiro atoms. The second-order valence-electron chi connectivity index (χ2n) is 7.39. The molecule has 4 nitrogen and oxygen atoms in total. The average molecular weight is 290 g/mol. The maximum Gasteiger partial charge on any atom is 0.225 e. The Bertz CT molecular complexity index is 427. The molecule has 1 aliphatic rings. The average Bonchev–Trinajstić information content (AvgIpc) is 2.47. The molecule has 1 atom stereocenters. The Morgan fingerprint density at radius 3 is 2.29 bits per heavy atom. The summed E-state index contributed by atoms with van der Waals surface area (Å²) in [6.45, 7) is 11.3. The molecule has 0 saturated carbocycles. The van der Waals surface area contributed by atoms with E-state index in [9.17, 15) is 0 Å². The monoisotopic (exact) mass is 290 g/mol. The zero-order valence-corrected chi connectivity index (χ0v) is 14.0. The number of nitrogens with zero attached hydrogens (tertiary/aromatic N) is 3. The van der Waals surface area contributed by atoms with Gasteiger partial charge in [0.2, 0.25) is 5.95 Å². The second kappa shape index (κ2) is 6.73. The van der Waals surface area contributed by atoms with Gasteiger partial charge in [0.05, 0.1) is 0 Å². The summed E-state index contributed by atoms with van der Waals surface area (Å²) in [6.07, 6.45) is 8.19. The Kier molecular flexibility index (Phi) is 5.20. The molecule has 1 aliphatic heterocycles. The van der Waals surface area contributed by atoms with Crippen molar-refractivity contribution in [3.63, 3.8) is 0 Å². The first-order valence-corrected chi connectivity index (χ1v) is 8.21. The van der Waals surface area contributed by atoms with Crippen LogP contribution in [0.2, 0.25) is 0 Å². The number of nitrogens with two attached hydrogens (primary N) is 1. The zero-order chi connectivity index (χ0) is 15.5. The smallest absolute Gasteiger partial charge is 0.225 e. The van der Waals surface area contributed by atoms with Crippen molar-refractivity contribution < 1.29 is 0 Å². The number of anilines is 1. The van der Waals surface area contributed by atoms with Gasteiger partial charge in [-0.3, -0.25) is 0 Å². The molecule has 0 radical (unpaired) electrons. The highest BCUT2D eigenvalue weighted by molar-refractivity contribution is 5.30. The van der Waals surface area contributed by atoms with E-state index in [2.05, 4.69) is 42.6 Å². The molecule has 4 heteroatoms. The zero-order valence-electron chi connectivity index (χ0n) is 14.0. The van der Waals surface area contributed by atoms with E-state index >= 15 is 0 Å². The molecule has 1 saturated heterocycles. The van der Waals surface area contributed by atoms with Crippen molar-refractivity contribution in [1.82, 2.24) is 9.97 Å². The maximum atomic E-state index is 5.98. The van der Waals surface area contributed by atoms with Crippen molar-refractivity contribution in [3.05, 3.63) is 18.0 Å². The van der Waals surface area contributed by atoms with Gasteiger partial charge < -0.3 is 10.6 Å². The van der Waals surface area contributed by atoms with Crippen LogP contribution in [0.25, 0.3) is 0 Å². The number of piperidine rings is 1. The van der Waals surface area contributed by atoms with Crippen LogP contribution in [0.15, 0.2) is 12.4 Å². The van der Waals surface area contributed by atoms with Gasteiger partial charge in [-0.15, -0.1) is 0 Å². The predicted molar refractivity (Wildman–Crippen MR) is 88.4 cm³/mol. The molecule has 2 heterocycles. The Balaban J connectivity index is 1.92. The lowest BCUT2D eigenvalue weighted by Gasteiger charge is -2.38. The van der Waals surface area contributed by atoms with Crippen molar-refractivity contribution in [3.8, 4) is 0 Å². The first kappa shape index (κ1) is 16.2. The van der Waals surface area contributed by atoms with Gasteiger partial charge in [-0.05, 0) is 42.6 Å². The summed E-state index contributed by atoms with van der Waals surface area (Å²) in [5.74, 6) is 1.67. The fourth-order valence-corrected chi connectivity index (χ4v) is 3.01. The third kappa shape index (κ3) is 4.40. The van der Waals surface area contributed by atoms with Crippen molar-refractivity contribution in [2.24, 2.45) is 17.1 Å². The molecule has 118 valence electrons. The fourth-order valence-electron chi connectivity index (χ4n) is 3.01. The Morgan fingerprint density at radius 2 is 1.81 bits per heavy atom. The topological polar surface area (TPSA) is 55.0 Å². The van der Waals surface area contributed by atoms with Gasteiger partial charge >= 0.3 is 0 Å². The van der Waals surface area contributed by atoms with Gasteiger partial charge in [0, 0.05) is 31.5 Å². The number of rotatable bonds is 4. The Labute approximate surface area is 129 Å². The lowest BCUT2D eigenvalue weighted by Crippen LogP contribution is -2.38. The highest BCUT2D eigenvalue weighted by Crippen LogP contribution is 2.34. The summed E-state index contributed by atoms with van der Waals surface area (Å²) < 4.78 is 0. The van der Waals surface area contributed by atoms with Crippen LogP contribution in [0.5, 0.6) is 0 Å². The van der Waals surface area contributed by atoms with Crippen LogP contribution in [0.3, 0.4) is 0 Å². The van der Waals surface area contributed by atoms with E-state index in [4.69, 9.17) is 5.73 Å². The minimum atomic E-state index is 0.210. The van der Waals surface area contributed by atoms with Crippen molar-refractivity contribution in [2.75, 3.05) is 18.0 Å². The SMILES string of the molecule is CCC(N)Cc1cnc(N2CCC(C(C)(C)C)CC2)nc1. The number of hydrogen-bond acceptors (Lipinski definition) is 4. The summed E-state index contributed by atoms with van der Waals surface area (Å²) in [4.78, 5) is 11.4. The van der Waals surface area contributed by atoms with Gasteiger partial charge in [-0.2, -0.15) is 0 Å². The van der Waals surface area contributed by atoms with Crippen LogP contribution in [0.4, 0.5) is 5.95 Å². The van der Waals surface area contributed by atoms with E-state index in [0.717, 1.165) is 43.4 Å². The van der Waals surface area contributed by atoms with E-state index in [1.807, 2.05) is 12.4 Å². The highest BCUT2D eigenvalue weighted by Gasteiger charge is 2.29. The second-order valence-corrected chi connectivity index (χ2v) is 7.39. The Morgan fingerprint density at radius 1 is 1.24 bits per heavy atom. The molecule has 1 unspecified atom stereocenters. The molecule has 1 aromatic rings. The van der Waals surface area contributed by atoms with E-state index < -0.39 is 0 Å². The maximum absolute atomic E-state index is 5.98. The summed E-state index contributed by atoms with van der Waals surface area (Å²) in [6, 6.07) is 0.210. The van der Waals surface area contributed by atoms with Gasteiger partial charge in [0.15, 0.2) is 0 Å². The lowest BCUT2D eigenvalue weighted by molar-refractivity contribution is 0.198. The number of aromatic nitrogens is 2. The number of hydrogen-bond donors (Lipinski definition) is 1. The molecule has 21 heavy (non-hydrogen) atoms.